The van der Waals surface area contributed by atoms with Gasteiger partial charge in [0.2, 0.25) is 11.8 Å². The van der Waals surface area contributed by atoms with Crippen molar-refractivity contribution in [2.75, 3.05) is 6.54 Å². The first-order chi connectivity index (χ1) is 7.63. The summed E-state index contributed by atoms with van der Waals surface area (Å²) in [7, 11) is 0. The van der Waals surface area contributed by atoms with Gasteiger partial charge in [-0.3, -0.25) is 9.59 Å². The molecule has 0 spiro atoms. The van der Waals surface area contributed by atoms with Gasteiger partial charge in [-0.15, -0.1) is 0 Å². The molecule has 1 fully saturated rings. The van der Waals surface area contributed by atoms with Crippen molar-refractivity contribution in [1.82, 2.24) is 10.6 Å². The molecule has 92 valence electrons. The molecular formula is C11H21N3O2. The average Bonchev–Trinajstić information content (AvgIpc) is 3.06. The summed E-state index contributed by atoms with van der Waals surface area (Å²) in [5.74, 6) is -0.0540. The van der Waals surface area contributed by atoms with Crippen LogP contribution in [0.15, 0.2) is 0 Å². The molecule has 0 radical (unpaired) electrons. The third-order valence-corrected chi connectivity index (χ3v) is 2.60. The highest BCUT2D eigenvalue weighted by Gasteiger charge is 2.22. The number of hydrogen-bond acceptors (Lipinski definition) is 3. The summed E-state index contributed by atoms with van der Waals surface area (Å²) in [5.41, 5.74) is 5.54. The van der Waals surface area contributed by atoms with Crippen molar-refractivity contribution in [2.24, 2.45) is 5.73 Å². The Morgan fingerprint density at radius 1 is 1.44 bits per heavy atom. The predicted octanol–water partition coefficient (Wildman–Crippen LogP) is -0.101. The second-order valence-electron chi connectivity index (χ2n) is 4.25. The topological polar surface area (TPSA) is 84.2 Å². The third-order valence-electron chi connectivity index (χ3n) is 2.60. The zero-order valence-corrected chi connectivity index (χ0v) is 9.79. The van der Waals surface area contributed by atoms with E-state index in [2.05, 4.69) is 10.6 Å². The molecule has 2 amide bonds. The lowest BCUT2D eigenvalue weighted by atomic mass is 10.2. The van der Waals surface area contributed by atoms with E-state index < -0.39 is 6.04 Å². The minimum Gasteiger partial charge on any atom is -0.355 e. The average molecular weight is 227 g/mol. The molecule has 0 aliphatic heterocycles. The molecule has 1 saturated carbocycles. The fourth-order valence-corrected chi connectivity index (χ4v) is 1.30. The molecule has 0 aromatic carbocycles. The van der Waals surface area contributed by atoms with Gasteiger partial charge in [0.15, 0.2) is 0 Å². The van der Waals surface area contributed by atoms with Crippen molar-refractivity contribution in [3.63, 3.8) is 0 Å². The van der Waals surface area contributed by atoms with E-state index in [1.807, 2.05) is 6.92 Å². The summed E-state index contributed by atoms with van der Waals surface area (Å²) < 4.78 is 0. The van der Waals surface area contributed by atoms with Gasteiger partial charge in [0.05, 0.1) is 6.04 Å². The third kappa shape index (κ3) is 5.11. The molecule has 16 heavy (non-hydrogen) atoms. The molecule has 4 N–H and O–H groups in total. The van der Waals surface area contributed by atoms with E-state index >= 15 is 0 Å². The van der Waals surface area contributed by atoms with Crippen molar-refractivity contribution in [3.8, 4) is 0 Å². The molecule has 1 rings (SSSR count). The minimum absolute atomic E-state index is 0.0801. The molecule has 1 aliphatic carbocycles. The Morgan fingerprint density at radius 3 is 2.69 bits per heavy atom. The van der Waals surface area contributed by atoms with Gasteiger partial charge in [0.1, 0.15) is 0 Å². The monoisotopic (exact) mass is 227 g/mol. The van der Waals surface area contributed by atoms with E-state index in [0.717, 1.165) is 12.8 Å². The Kier molecular flexibility index (Phi) is 5.25. The summed E-state index contributed by atoms with van der Waals surface area (Å²) in [6.07, 6.45) is 3.98. The molecule has 1 aliphatic rings. The van der Waals surface area contributed by atoms with Crippen molar-refractivity contribution < 1.29 is 9.59 Å². The summed E-state index contributed by atoms with van der Waals surface area (Å²) >= 11 is 0. The van der Waals surface area contributed by atoms with Crippen molar-refractivity contribution in [1.29, 1.82) is 0 Å². The van der Waals surface area contributed by atoms with Crippen LogP contribution in [-0.2, 0) is 9.59 Å². The molecule has 1 unspecified atom stereocenters. The Morgan fingerprint density at radius 2 is 2.12 bits per heavy atom. The Labute approximate surface area is 96.1 Å². The molecule has 5 heteroatoms. The second kappa shape index (κ2) is 6.48. The maximum atomic E-state index is 11.3. The highest BCUT2D eigenvalue weighted by Crippen LogP contribution is 2.18. The van der Waals surface area contributed by atoms with Crippen molar-refractivity contribution in [3.05, 3.63) is 0 Å². The van der Waals surface area contributed by atoms with Crippen LogP contribution in [0.2, 0.25) is 0 Å². The van der Waals surface area contributed by atoms with Gasteiger partial charge in [-0.1, -0.05) is 6.92 Å². The van der Waals surface area contributed by atoms with Crippen molar-refractivity contribution in [2.45, 2.75) is 51.1 Å². The molecular weight excluding hydrogens is 206 g/mol. The first kappa shape index (κ1) is 13.0. The minimum atomic E-state index is -0.430. The van der Waals surface area contributed by atoms with Crippen LogP contribution in [0.5, 0.6) is 0 Å². The molecule has 0 saturated heterocycles. The van der Waals surface area contributed by atoms with Crippen LogP contribution in [0.4, 0.5) is 0 Å². The van der Waals surface area contributed by atoms with Crippen LogP contribution in [0, 0.1) is 0 Å². The van der Waals surface area contributed by atoms with Crippen LogP contribution in [0.25, 0.3) is 0 Å². The molecule has 1 atom stereocenters. The van der Waals surface area contributed by atoms with E-state index in [1.54, 1.807) is 0 Å². The predicted molar refractivity (Wildman–Crippen MR) is 61.7 cm³/mol. The SMILES string of the molecule is CCC(N)C(=O)NCCCC(=O)NC1CC1. The van der Waals surface area contributed by atoms with E-state index in [1.165, 1.54) is 0 Å². The Balaban J connectivity index is 1.97. The van der Waals surface area contributed by atoms with Crippen LogP contribution in [0.1, 0.15) is 39.0 Å². The zero-order valence-electron chi connectivity index (χ0n) is 9.79. The van der Waals surface area contributed by atoms with Crippen LogP contribution in [-0.4, -0.2) is 30.4 Å². The lowest BCUT2D eigenvalue weighted by molar-refractivity contribution is -0.123. The molecule has 0 aromatic heterocycles. The smallest absolute Gasteiger partial charge is 0.236 e. The first-order valence-electron chi connectivity index (χ1n) is 5.96. The largest absolute Gasteiger partial charge is 0.355 e. The number of amides is 2. The van der Waals surface area contributed by atoms with Gasteiger partial charge < -0.3 is 16.4 Å². The number of nitrogens with one attached hydrogen (secondary N) is 2. The Bertz CT molecular complexity index is 252. The van der Waals surface area contributed by atoms with E-state index in [-0.39, 0.29) is 11.8 Å². The second-order valence-corrected chi connectivity index (χ2v) is 4.25. The maximum absolute atomic E-state index is 11.3. The number of rotatable bonds is 7. The van der Waals surface area contributed by atoms with Gasteiger partial charge in [0, 0.05) is 19.0 Å². The van der Waals surface area contributed by atoms with E-state index in [4.69, 9.17) is 5.73 Å². The molecule has 5 nitrogen and oxygen atoms in total. The summed E-state index contributed by atoms with van der Waals surface area (Å²) in [5, 5.41) is 5.61. The zero-order chi connectivity index (χ0) is 12.0. The summed E-state index contributed by atoms with van der Waals surface area (Å²) in [6.45, 7) is 2.39. The van der Waals surface area contributed by atoms with Gasteiger partial charge >= 0.3 is 0 Å². The number of carbonyl (C=O) groups excluding carboxylic acids is 2. The van der Waals surface area contributed by atoms with Gasteiger partial charge in [-0.05, 0) is 25.7 Å². The highest BCUT2D eigenvalue weighted by atomic mass is 16.2. The standard InChI is InChI=1S/C11H21N3O2/c1-2-9(12)11(16)13-7-3-4-10(15)14-8-5-6-8/h8-9H,2-7,12H2,1H3,(H,13,16)(H,14,15). The fraction of sp³-hybridized carbons (Fsp3) is 0.818. The van der Waals surface area contributed by atoms with Crippen molar-refractivity contribution >= 4 is 11.8 Å². The first-order valence-corrected chi connectivity index (χ1v) is 5.96. The van der Waals surface area contributed by atoms with E-state index in [9.17, 15) is 9.59 Å². The lowest BCUT2D eigenvalue weighted by Crippen LogP contribution is -2.40. The van der Waals surface area contributed by atoms with Gasteiger partial charge in [-0.2, -0.15) is 0 Å². The number of hydrogen-bond donors (Lipinski definition) is 3. The highest BCUT2D eigenvalue weighted by molar-refractivity contribution is 5.81. The van der Waals surface area contributed by atoms with Gasteiger partial charge in [-0.25, -0.2) is 0 Å². The molecule has 0 heterocycles. The summed E-state index contributed by atoms with van der Waals surface area (Å²) in [6, 6.07) is -0.0177. The quantitative estimate of drug-likeness (QED) is 0.531. The van der Waals surface area contributed by atoms with Crippen LogP contribution < -0.4 is 16.4 Å². The maximum Gasteiger partial charge on any atom is 0.236 e. The Hall–Kier alpha value is -1.10. The normalized spacial score (nSPS) is 16.6. The van der Waals surface area contributed by atoms with Gasteiger partial charge in [0.25, 0.3) is 0 Å². The number of nitrogens with two attached hydrogens (primary N) is 1. The van der Waals surface area contributed by atoms with Crippen LogP contribution >= 0.6 is 0 Å². The van der Waals surface area contributed by atoms with Crippen LogP contribution in [0.3, 0.4) is 0 Å². The fourth-order valence-electron chi connectivity index (χ4n) is 1.30. The number of carbonyl (C=O) groups is 2. The van der Waals surface area contributed by atoms with E-state index in [0.29, 0.717) is 31.8 Å². The summed E-state index contributed by atoms with van der Waals surface area (Å²) in [4.78, 5) is 22.5. The lowest BCUT2D eigenvalue weighted by Gasteiger charge is -2.09. The molecule has 0 aromatic rings. The molecule has 0 bridgehead atoms.